The molecule has 0 unspecified atom stereocenters. The fourth-order valence-corrected chi connectivity index (χ4v) is 4.16. The number of hydrazine groups is 1. The van der Waals surface area contributed by atoms with Gasteiger partial charge in [0.25, 0.3) is 11.5 Å². The van der Waals surface area contributed by atoms with Crippen LogP contribution < -0.4 is 22.1 Å². The zero-order valence-corrected chi connectivity index (χ0v) is 19.4. The third-order valence-electron chi connectivity index (χ3n) is 4.82. The minimum absolute atomic E-state index is 0.156. The standard InChI is InChI=1S/C23H20ClN7O2S/c1-15(9-10-27-25)18-12-17(30-11-3-2-4-22(30)32)5-6-19(18)31-14-16(28-29-31)13-26-23(33)20-7-8-21(24)34-20/h2-12,14,27H,1,13,25H2,(H,26,33)/b10-9-. The van der Waals surface area contributed by atoms with Crippen LogP contribution in [0, 0.1) is 0 Å². The molecule has 0 aliphatic heterocycles. The first-order chi connectivity index (χ1) is 16.5. The van der Waals surface area contributed by atoms with E-state index in [0.717, 1.165) is 0 Å². The molecule has 0 radical (unpaired) electrons. The summed E-state index contributed by atoms with van der Waals surface area (Å²) in [7, 11) is 0. The molecular formula is C23H20ClN7O2S. The van der Waals surface area contributed by atoms with Crippen molar-refractivity contribution in [3.63, 3.8) is 0 Å². The van der Waals surface area contributed by atoms with E-state index in [9.17, 15) is 9.59 Å². The molecule has 0 spiro atoms. The number of benzene rings is 1. The highest BCUT2D eigenvalue weighted by atomic mass is 35.5. The Balaban J connectivity index is 1.63. The molecule has 172 valence electrons. The molecule has 0 aliphatic carbocycles. The quantitative estimate of drug-likeness (QED) is 0.197. The summed E-state index contributed by atoms with van der Waals surface area (Å²) in [4.78, 5) is 25.1. The third-order valence-corrected chi connectivity index (χ3v) is 6.05. The summed E-state index contributed by atoms with van der Waals surface area (Å²) in [5, 5.41) is 11.2. The summed E-state index contributed by atoms with van der Waals surface area (Å²) in [6.07, 6.45) is 6.67. The molecule has 3 aromatic heterocycles. The van der Waals surface area contributed by atoms with Crippen molar-refractivity contribution in [1.82, 2.24) is 30.3 Å². The van der Waals surface area contributed by atoms with Crippen molar-refractivity contribution in [2.45, 2.75) is 6.54 Å². The van der Waals surface area contributed by atoms with E-state index in [1.54, 1.807) is 53.6 Å². The van der Waals surface area contributed by atoms with Gasteiger partial charge in [0.1, 0.15) is 5.69 Å². The first-order valence-electron chi connectivity index (χ1n) is 10.1. The molecular weight excluding hydrogens is 474 g/mol. The van der Waals surface area contributed by atoms with E-state index in [1.807, 2.05) is 18.2 Å². The fourth-order valence-electron chi connectivity index (χ4n) is 3.20. The number of carbonyl (C=O) groups is 1. The van der Waals surface area contributed by atoms with Crippen molar-refractivity contribution in [3.05, 3.63) is 111 Å². The van der Waals surface area contributed by atoms with Gasteiger partial charge in [-0.25, -0.2) is 4.68 Å². The van der Waals surface area contributed by atoms with Gasteiger partial charge in [0.15, 0.2) is 0 Å². The van der Waals surface area contributed by atoms with Gasteiger partial charge in [0.05, 0.1) is 27.6 Å². The second-order valence-corrected chi connectivity index (χ2v) is 8.79. The smallest absolute Gasteiger partial charge is 0.261 e. The number of rotatable bonds is 8. The minimum atomic E-state index is -0.238. The van der Waals surface area contributed by atoms with E-state index >= 15 is 0 Å². The summed E-state index contributed by atoms with van der Waals surface area (Å²) < 4.78 is 3.67. The molecule has 4 N–H and O–H groups in total. The normalized spacial score (nSPS) is 11.0. The molecule has 0 fully saturated rings. The Morgan fingerprint density at radius 1 is 1.24 bits per heavy atom. The van der Waals surface area contributed by atoms with Crippen LogP contribution in [0.2, 0.25) is 4.34 Å². The molecule has 0 saturated carbocycles. The molecule has 3 heterocycles. The summed E-state index contributed by atoms with van der Waals surface area (Å²) in [6, 6.07) is 13.8. The van der Waals surface area contributed by atoms with Gasteiger partial charge in [-0.1, -0.05) is 29.5 Å². The van der Waals surface area contributed by atoms with E-state index in [4.69, 9.17) is 17.4 Å². The molecule has 4 aromatic rings. The van der Waals surface area contributed by atoms with Crippen LogP contribution in [0.3, 0.4) is 0 Å². The van der Waals surface area contributed by atoms with Crippen LogP contribution in [-0.4, -0.2) is 25.5 Å². The number of nitrogens with zero attached hydrogens (tertiary/aromatic N) is 4. The van der Waals surface area contributed by atoms with Gasteiger partial charge in [0, 0.05) is 29.7 Å². The predicted molar refractivity (Wildman–Crippen MR) is 133 cm³/mol. The number of hydrogen-bond donors (Lipinski definition) is 3. The highest BCUT2D eigenvalue weighted by Gasteiger charge is 2.13. The van der Waals surface area contributed by atoms with E-state index in [0.29, 0.717) is 37.4 Å². The van der Waals surface area contributed by atoms with Gasteiger partial charge in [-0.05, 0) is 48.0 Å². The number of thiophene rings is 1. The van der Waals surface area contributed by atoms with Gasteiger partial charge in [-0.2, -0.15) is 0 Å². The Hall–Kier alpha value is -3.99. The monoisotopic (exact) mass is 493 g/mol. The van der Waals surface area contributed by atoms with Gasteiger partial charge < -0.3 is 10.7 Å². The molecule has 4 rings (SSSR count). The van der Waals surface area contributed by atoms with Crippen molar-refractivity contribution >= 4 is 34.4 Å². The summed E-state index contributed by atoms with van der Waals surface area (Å²) in [5.74, 6) is 5.12. The Morgan fingerprint density at radius 3 is 2.82 bits per heavy atom. The Bertz CT molecular complexity index is 1440. The van der Waals surface area contributed by atoms with Crippen LogP contribution in [0.5, 0.6) is 0 Å². The number of carbonyl (C=O) groups excluding carboxylic acids is 1. The summed E-state index contributed by atoms with van der Waals surface area (Å²) in [6.45, 7) is 4.30. The Kier molecular flexibility index (Phi) is 7.02. The lowest BCUT2D eigenvalue weighted by molar-refractivity contribution is 0.0954. The van der Waals surface area contributed by atoms with Gasteiger partial charge >= 0.3 is 0 Å². The average Bonchev–Trinajstić information content (AvgIpc) is 3.50. The maximum absolute atomic E-state index is 12.3. The largest absolute Gasteiger partial charge is 0.346 e. The molecule has 0 aliphatic rings. The summed E-state index contributed by atoms with van der Waals surface area (Å²) in [5.41, 5.74) is 5.57. The SMILES string of the molecule is C=C(/C=C\NN)c1cc(-n2ccccc2=O)ccc1-n1cc(CNC(=O)c2ccc(Cl)s2)nn1. The molecule has 0 atom stereocenters. The minimum Gasteiger partial charge on any atom is -0.346 e. The number of amides is 1. The van der Waals surface area contributed by atoms with Gasteiger partial charge in [-0.3, -0.25) is 20.0 Å². The lowest BCUT2D eigenvalue weighted by Gasteiger charge is -2.13. The number of halogens is 1. The van der Waals surface area contributed by atoms with Crippen LogP contribution in [0.4, 0.5) is 0 Å². The number of allylic oxidation sites excluding steroid dienone is 2. The molecule has 11 heteroatoms. The van der Waals surface area contributed by atoms with Gasteiger partial charge in [-0.15, -0.1) is 16.4 Å². The van der Waals surface area contributed by atoms with Crippen molar-refractivity contribution in [2.75, 3.05) is 0 Å². The molecule has 1 aromatic carbocycles. The predicted octanol–water partition coefficient (Wildman–Crippen LogP) is 3.05. The molecule has 1 amide bonds. The third kappa shape index (κ3) is 5.15. The summed E-state index contributed by atoms with van der Waals surface area (Å²) >= 11 is 7.10. The van der Waals surface area contributed by atoms with E-state index in [-0.39, 0.29) is 18.0 Å². The highest BCUT2D eigenvalue weighted by molar-refractivity contribution is 7.17. The second kappa shape index (κ2) is 10.3. The number of nitrogens with two attached hydrogens (primary N) is 1. The Labute approximate surface area is 203 Å². The average molecular weight is 494 g/mol. The van der Waals surface area contributed by atoms with Crippen molar-refractivity contribution in [2.24, 2.45) is 5.84 Å². The van der Waals surface area contributed by atoms with E-state index in [2.05, 4.69) is 27.6 Å². The van der Waals surface area contributed by atoms with Crippen molar-refractivity contribution < 1.29 is 4.79 Å². The van der Waals surface area contributed by atoms with Crippen LogP contribution in [-0.2, 0) is 6.54 Å². The van der Waals surface area contributed by atoms with Crippen molar-refractivity contribution in [1.29, 1.82) is 0 Å². The van der Waals surface area contributed by atoms with Crippen LogP contribution in [0.15, 0.2) is 84.6 Å². The first-order valence-corrected chi connectivity index (χ1v) is 11.2. The maximum Gasteiger partial charge on any atom is 0.261 e. The fraction of sp³-hybridized carbons (Fsp3) is 0.0435. The van der Waals surface area contributed by atoms with E-state index < -0.39 is 0 Å². The first kappa shape index (κ1) is 23.2. The zero-order chi connectivity index (χ0) is 24.1. The topological polar surface area (TPSA) is 120 Å². The lowest BCUT2D eigenvalue weighted by atomic mass is 10.0. The number of aromatic nitrogens is 4. The van der Waals surface area contributed by atoms with Crippen LogP contribution >= 0.6 is 22.9 Å². The lowest BCUT2D eigenvalue weighted by Crippen LogP contribution is -2.21. The zero-order valence-electron chi connectivity index (χ0n) is 17.8. The van der Waals surface area contributed by atoms with Gasteiger partial charge in [0.2, 0.25) is 0 Å². The molecule has 34 heavy (non-hydrogen) atoms. The van der Waals surface area contributed by atoms with Crippen LogP contribution in [0.1, 0.15) is 20.9 Å². The number of nitrogens with one attached hydrogen (secondary N) is 2. The highest BCUT2D eigenvalue weighted by Crippen LogP contribution is 2.25. The molecule has 0 bridgehead atoms. The number of hydrogen-bond acceptors (Lipinski definition) is 7. The van der Waals surface area contributed by atoms with Crippen LogP contribution in [0.25, 0.3) is 16.9 Å². The maximum atomic E-state index is 12.3. The second-order valence-electron chi connectivity index (χ2n) is 7.08. The molecule has 0 saturated heterocycles. The number of pyridine rings is 1. The van der Waals surface area contributed by atoms with Crippen molar-refractivity contribution in [3.8, 4) is 11.4 Å². The Morgan fingerprint density at radius 2 is 2.09 bits per heavy atom. The molecule has 9 nitrogen and oxygen atoms in total. The van der Waals surface area contributed by atoms with E-state index in [1.165, 1.54) is 22.0 Å².